The molecule has 15 heavy (non-hydrogen) atoms. The fraction of sp³-hybridized carbons (Fsp3) is 0.500. The first-order valence-corrected chi connectivity index (χ1v) is 5.39. The smallest absolute Gasteiger partial charge is 0.123 e. The molecule has 0 aromatic heterocycles. The van der Waals surface area contributed by atoms with Crippen LogP contribution in [-0.2, 0) is 6.54 Å². The molecule has 1 saturated heterocycles. The van der Waals surface area contributed by atoms with Crippen LogP contribution in [0.4, 0.5) is 4.39 Å². The summed E-state index contributed by atoms with van der Waals surface area (Å²) in [6.45, 7) is 1.94. The van der Waals surface area contributed by atoms with Gasteiger partial charge < -0.3 is 5.11 Å². The third kappa shape index (κ3) is 2.55. The molecule has 0 spiro atoms. The third-order valence-electron chi connectivity index (χ3n) is 2.98. The van der Waals surface area contributed by atoms with Crippen LogP contribution >= 0.6 is 0 Å². The summed E-state index contributed by atoms with van der Waals surface area (Å²) in [6, 6.07) is 6.93. The monoisotopic (exact) mass is 209 g/mol. The predicted octanol–water partition coefficient (Wildman–Crippen LogP) is 1.78. The standard InChI is InChI=1S/C12H16FNO/c13-11-4-1-3-10(7-11)8-14-6-2-5-12(14)9-15/h1,3-4,7,12,15H,2,5-6,8-9H2/t12-/m0/s1. The van der Waals surface area contributed by atoms with Crippen LogP contribution in [0.25, 0.3) is 0 Å². The van der Waals surface area contributed by atoms with Crippen molar-refractivity contribution in [3.05, 3.63) is 35.6 Å². The van der Waals surface area contributed by atoms with E-state index in [1.165, 1.54) is 6.07 Å². The Labute approximate surface area is 89.3 Å². The number of hydrogen-bond acceptors (Lipinski definition) is 2. The zero-order valence-corrected chi connectivity index (χ0v) is 8.69. The van der Waals surface area contributed by atoms with Crippen LogP contribution in [-0.4, -0.2) is 29.2 Å². The van der Waals surface area contributed by atoms with Crippen LogP contribution in [0.1, 0.15) is 18.4 Å². The topological polar surface area (TPSA) is 23.5 Å². The van der Waals surface area contributed by atoms with Crippen molar-refractivity contribution in [3.63, 3.8) is 0 Å². The second kappa shape index (κ2) is 4.73. The van der Waals surface area contributed by atoms with Crippen LogP contribution in [0, 0.1) is 5.82 Å². The minimum absolute atomic E-state index is 0.188. The Morgan fingerprint density at radius 2 is 2.33 bits per heavy atom. The summed E-state index contributed by atoms with van der Waals surface area (Å²) in [5, 5.41) is 9.15. The van der Waals surface area contributed by atoms with Gasteiger partial charge in [0.2, 0.25) is 0 Å². The first-order valence-electron chi connectivity index (χ1n) is 5.39. The lowest BCUT2D eigenvalue weighted by Crippen LogP contribution is -2.31. The molecule has 0 saturated carbocycles. The molecule has 1 N–H and O–H groups in total. The van der Waals surface area contributed by atoms with Gasteiger partial charge in [-0.25, -0.2) is 4.39 Å². The van der Waals surface area contributed by atoms with Gasteiger partial charge in [0.15, 0.2) is 0 Å². The van der Waals surface area contributed by atoms with Gasteiger partial charge in [0, 0.05) is 12.6 Å². The normalized spacial score (nSPS) is 22.1. The quantitative estimate of drug-likeness (QED) is 0.820. The lowest BCUT2D eigenvalue weighted by atomic mass is 10.2. The lowest BCUT2D eigenvalue weighted by Gasteiger charge is -2.22. The van der Waals surface area contributed by atoms with E-state index < -0.39 is 0 Å². The molecule has 1 aliphatic heterocycles. The molecular formula is C12H16FNO. The van der Waals surface area contributed by atoms with Gasteiger partial charge in [-0.1, -0.05) is 12.1 Å². The van der Waals surface area contributed by atoms with Gasteiger partial charge in [-0.15, -0.1) is 0 Å². The summed E-state index contributed by atoms with van der Waals surface area (Å²) in [4.78, 5) is 2.22. The predicted molar refractivity (Wildman–Crippen MR) is 56.9 cm³/mol. The van der Waals surface area contributed by atoms with Gasteiger partial charge in [-0.05, 0) is 37.1 Å². The van der Waals surface area contributed by atoms with E-state index in [2.05, 4.69) is 4.90 Å². The third-order valence-corrected chi connectivity index (χ3v) is 2.98. The number of aliphatic hydroxyl groups excluding tert-OH is 1. The molecule has 2 nitrogen and oxygen atoms in total. The molecule has 1 heterocycles. The number of rotatable bonds is 3. The van der Waals surface area contributed by atoms with E-state index in [0.717, 1.165) is 31.5 Å². The summed E-state index contributed by atoms with van der Waals surface area (Å²) >= 11 is 0. The lowest BCUT2D eigenvalue weighted by molar-refractivity contribution is 0.153. The van der Waals surface area contributed by atoms with Crippen LogP contribution in [0.15, 0.2) is 24.3 Å². The molecule has 0 aliphatic carbocycles. The molecular weight excluding hydrogens is 193 g/mol. The van der Waals surface area contributed by atoms with E-state index in [4.69, 9.17) is 5.11 Å². The summed E-state index contributed by atoms with van der Waals surface area (Å²) in [6.07, 6.45) is 2.17. The number of hydrogen-bond donors (Lipinski definition) is 1. The van der Waals surface area contributed by atoms with Crippen LogP contribution in [0.2, 0.25) is 0 Å². The van der Waals surface area contributed by atoms with E-state index in [0.29, 0.717) is 0 Å². The number of halogens is 1. The van der Waals surface area contributed by atoms with Gasteiger partial charge in [-0.3, -0.25) is 4.90 Å². The molecule has 0 amide bonds. The zero-order chi connectivity index (χ0) is 10.7. The maximum absolute atomic E-state index is 13.0. The second-order valence-electron chi connectivity index (χ2n) is 4.08. The fourth-order valence-corrected chi connectivity index (χ4v) is 2.18. The number of benzene rings is 1. The van der Waals surface area contributed by atoms with Gasteiger partial charge in [0.05, 0.1) is 6.61 Å². The number of aliphatic hydroxyl groups is 1. The van der Waals surface area contributed by atoms with E-state index >= 15 is 0 Å². The first kappa shape index (κ1) is 10.6. The Hall–Kier alpha value is -0.930. The molecule has 1 fully saturated rings. The Morgan fingerprint density at radius 1 is 1.47 bits per heavy atom. The van der Waals surface area contributed by atoms with E-state index in [-0.39, 0.29) is 18.5 Å². The molecule has 1 aromatic rings. The Balaban J connectivity index is 2.02. The van der Waals surface area contributed by atoms with Crippen molar-refractivity contribution in [2.75, 3.05) is 13.2 Å². The highest BCUT2D eigenvalue weighted by Crippen LogP contribution is 2.19. The van der Waals surface area contributed by atoms with Crippen molar-refractivity contribution in [1.82, 2.24) is 4.90 Å². The molecule has 3 heteroatoms. The number of likely N-dealkylation sites (tertiary alicyclic amines) is 1. The van der Waals surface area contributed by atoms with E-state index in [9.17, 15) is 4.39 Å². The molecule has 2 rings (SSSR count). The summed E-state index contributed by atoms with van der Waals surface area (Å²) in [5.74, 6) is -0.188. The highest BCUT2D eigenvalue weighted by atomic mass is 19.1. The van der Waals surface area contributed by atoms with Crippen LogP contribution in [0.5, 0.6) is 0 Å². The average molecular weight is 209 g/mol. The molecule has 1 atom stereocenters. The van der Waals surface area contributed by atoms with Crippen LogP contribution < -0.4 is 0 Å². The van der Waals surface area contributed by atoms with Crippen molar-refractivity contribution in [1.29, 1.82) is 0 Å². The zero-order valence-electron chi connectivity index (χ0n) is 8.69. The second-order valence-corrected chi connectivity index (χ2v) is 4.08. The Bertz CT molecular complexity index is 329. The Kier molecular flexibility index (Phi) is 3.34. The molecule has 0 radical (unpaired) electrons. The first-order chi connectivity index (χ1) is 7.29. The molecule has 0 bridgehead atoms. The average Bonchev–Trinajstić information content (AvgIpc) is 2.65. The van der Waals surface area contributed by atoms with Gasteiger partial charge in [0.25, 0.3) is 0 Å². The van der Waals surface area contributed by atoms with Crippen molar-refractivity contribution in [3.8, 4) is 0 Å². The fourth-order valence-electron chi connectivity index (χ4n) is 2.18. The molecule has 82 valence electrons. The van der Waals surface area contributed by atoms with Gasteiger partial charge in [-0.2, -0.15) is 0 Å². The highest BCUT2D eigenvalue weighted by molar-refractivity contribution is 5.16. The SMILES string of the molecule is OC[C@@H]1CCCN1Cc1cccc(F)c1. The minimum atomic E-state index is -0.188. The summed E-state index contributed by atoms with van der Waals surface area (Å²) < 4.78 is 13.0. The molecule has 0 unspecified atom stereocenters. The Morgan fingerprint density at radius 3 is 3.07 bits per heavy atom. The minimum Gasteiger partial charge on any atom is -0.395 e. The van der Waals surface area contributed by atoms with Gasteiger partial charge in [0.1, 0.15) is 5.82 Å². The van der Waals surface area contributed by atoms with Crippen molar-refractivity contribution >= 4 is 0 Å². The van der Waals surface area contributed by atoms with E-state index in [1.807, 2.05) is 6.07 Å². The maximum Gasteiger partial charge on any atom is 0.123 e. The summed E-state index contributed by atoms with van der Waals surface area (Å²) in [5.41, 5.74) is 0.982. The van der Waals surface area contributed by atoms with Crippen LogP contribution in [0.3, 0.4) is 0 Å². The van der Waals surface area contributed by atoms with E-state index in [1.54, 1.807) is 12.1 Å². The van der Waals surface area contributed by atoms with Crippen molar-refractivity contribution in [2.45, 2.75) is 25.4 Å². The molecule has 1 aliphatic rings. The maximum atomic E-state index is 13.0. The largest absolute Gasteiger partial charge is 0.395 e. The number of nitrogens with zero attached hydrogens (tertiary/aromatic N) is 1. The summed E-state index contributed by atoms with van der Waals surface area (Å²) in [7, 11) is 0. The van der Waals surface area contributed by atoms with Crippen molar-refractivity contribution < 1.29 is 9.50 Å². The van der Waals surface area contributed by atoms with Gasteiger partial charge >= 0.3 is 0 Å². The van der Waals surface area contributed by atoms with Crippen molar-refractivity contribution in [2.24, 2.45) is 0 Å². The molecule has 1 aromatic carbocycles. The highest BCUT2D eigenvalue weighted by Gasteiger charge is 2.23.